The van der Waals surface area contributed by atoms with E-state index < -0.39 is 33.5 Å². The minimum atomic E-state index is -1.14. The largest absolute Gasteiger partial charge is 0.481 e. The topological polar surface area (TPSA) is 109 Å². The molecule has 3 aromatic heterocycles. The van der Waals surface area contributed by atoms with Crippen LogP contribution >= 0.6 is 34.0 Å². The molecule has 0 saturated heterocycles. The predicted octanol–water partition coefficient (Wildman–Crippen LogP) is 7.27. The van der Waals surface area contributed by atoms with E-state index in [4.69, 9.17) is 0 Å². The summed E-state index contributed by atoms with van der Waals surface area (Å²) < 4.78 is 24.1. The van der Waals surface area contributed by atoms with Gasteiger partial charge in [-0.05, 0) is 70.8 Å². The van der Waals surface area contributed by atoms with Gasteiger partial charge in [-0.1, -0.05) is 24.3 Å². The Hall–Kier alpha value is -3.22. The summed E-state index contributed by atoms with van der Waals surface area (Å²) in [5.41, 5.74) is 3.13. The van der Waals surface area contributed by atoms with Crippen molar-refractivity contribution in [1.82, 2.24) is 0 Å². The first-order chi connectivity index (χ1) is 19.6. The van der Waals surface area contributed by atoms with Crippen LogP contribution in [0.1, 0.15) is 11.1 Å². The fourth-order valence-electron chi connectivity index (χ4n) is 4.39. The molecule has 210 valence electrons. The molecule has 0 amide bonds. The Kier molecular flexibility index (Phi) is 8.81. The first-order valence-corrected chi connectivity index (χ1v) is 17.8. The summed E-state index contributed by atoms with van der Waals surface area (Å²) >= 11 is 4.47. The molecule has 5 aromatic rings. The molecule has 6 nitrogen and oxygen atoms in total. The highest BCUT2D eigenvalue weighted by Crippen LogP contribution is 2.46. The highest BCUT2D eigenvalue weighted by molar-refractivity contribution is 7.84. The van der Waals surface area contributed by atoms with Crippen LogP contribution in [0.4, 0.5) is 0 Å². The number of hydrogen-bond acceptors (Lipinski definition) is 7. The molecular formula is C30H24O6S5. The van der Waals surface area contributed by atoms with Crippen LogP contribution in [0.3, 0.4) is 0 Å². The van der Waals surface area contributed by atoms with Crippen molar-refractivity contribution in [3.05, 3.63) is 83.9 Å². The van der Waals surface area contributed by atoms with Gasteiger partial charge in [-0.25, -0.2) is 0 Å². The van der Waals surface area contributed by atoms with Crippen LogP contribution in [0.5, 0.6) is 0 Å². The maximum absolute atomic E-state index is 12.0. The second-order valence-electron chi connectivity index (χ2n) is 9.20. The average Bonchev–Trinajstić information content (AvgIpc) is 3.67. The molecule has 0 aliphatic heterocycles. The number of benzene rings is 2. The van der Waals surface area contributed by atoms with Gasteiger partial charge in [0, 0.05) is 73.2 Å². The van der Waals surface area contributed by atoms with Gasteiger partial charge in [-0.3, -0.25) is 18.0 Å². The minimum absolute atomic E-state index is 0.138. The van der Waals surface area contributed by atoms with E-state index in [1.807, 2.05) is 60.7 Å². The lowest BCUT2D eigenvalue weighted by Gasteiger charge is -2.01. The molecule has 11 heteroatoms. The quantitative estimate of drug-likeness (QED) is 0.166. The summed E-state index contributed by atoms with van der Waals surface area (Å²) in [6.45, 7) is 0. The molecule has 2 unspecified atom stereocenters. The van der Waals surface area contributed by atoms with Crippen molar-refractivity contribution >= 4 is 67.5 Å². The maximum Gasteiger partial charge on any atom is 0.307 e. The average molecular weight is 641 g/mol. The van der Waals surface area contributed by atoms with Gasteiger partial charge >= 0.3 is 11.9 Å². The molecule has 41 heavy (non-hydrogen) atoms. The Morgan fingerprint density at radius 1 is 0.610 bits per heavy atom. The van der Waals surface area contributed by atoms with E-state index in [9.17, 15) is 28.2 Å². The second-order valence-corrected chi connectivity index (χ2v) is 15.1. The summed E-state index contributed by atoms with van der Waals surface area (Å²) in [4.78, 5) is 30.1. The Labute approximate surface area is 253 Å². The van der Waals surface area contributed by atoms with Crippen LogP contribution in [0.25, 0.3) is 40.4 Å². The number of rotatable bonds is 10. The molecule has 0 aliphatic rings. The first kappa shape index (κ1) is 29.3. The molecular weight excluding hydrogens is 617 g/mol. The van der Waals surface area contributed by atoms with Crippen LogP contribution in [0, 0.1) is 0 Å². The van der Waals surface area contributed by atoms with Gasteiger partial charge in [0.2, 0.25) is 0 Å². The Balaban J connectivity index is 1.57. The van der Waals surface area contributed by atoms with E-state index in [2.05, 4.69) is 0 Å². The molecule has 0 radical (unpaired) electrons. The molecule has 2 N–H and O–H groups in total. The van der Waals surface area contributed by atoms with E-state index in [1.165, 1.54) is 34.0 Å². The van der Waals surface area contributed by atoms with Gasteiger partial charge in [-0.2, -0.15) is 0 Å². The van der Waals surface area contributed by atoms with Crippen LogP contribution < -0.4 is 0 Å². The van der Waals surface area contributed by atoms with Gasteiger partial charge in [-0.15, -0.1) is 34.0 Å². The van der Waals surface area contributed by atoms with Crippen molar-refractivity contribution in [3.63, 3.8) is 0 Å². The standard InChI is InChI=1S/C30H24O6S5/c1-40(35)21-7-3-5-17(11-21)25-13-19(15-27(31)32)29(38-25)23-9-10-24(37-23)30-20(16-28(33)34)14-26(39-30)18-6-4-8-22(12-18)41(2)36/h3-14H,15-16H2,1-2H3,(H,31,32)(H,33,34). The van der Waals surface area contributed by atoms with Crippen molar-refractivity contribution < 1.29 is 28.2 Å². The Morgan fingerprint density at radius 3 is 1.39 bits per heavy atom. The maximum atomic E-state index is 12.0. The highest BCUT2D eigenvalue weighted by Gasteiger charge is 2.20. The lowest BCUT2D eigenvalue weighted by atomic mass is 10.1. The monoisotopic (exact) mass is 640 g/mol. The Bertz CT molecular complexity index is 1700. The number of carbonyl (C=O) groups is 2. The highest BCUT2D eigenvalue weighted by atomic mass is 32.2. The molecule has 2 aromatic carbocycles. The lowest BCUT2D eigenvalue weighted by Crippen LogP contribution is -1.99. The second kappa shape index (κ2) is 12.3. The molecule has 0 aliphatic carbocycles. The number of carboxylic acid groups (broad SMARTS) is 2. The zero-order valence-electron chi connectivity index (χ0n) is 21.9. The van der Waals surface area contributed by atoms with Gasteiger partial charge < -0.3 is 10.2 Å². The van der Waals surface area contributed by atoms with Crippen molar-refractivity contribution in [3.8, 4) is 40.4 Å². The van der Waals surface area contributed by atoms with Crippen molar-refractivity contribution in [2.24, 2.45) is 0 Å². The van der Waals surface area contributed by atoms with Crippen molar-refractivity contribution in [2.75, 3.05) is 12.5 Å². The minimum Gasteiger partial charge on any atom is -0.481 e. The van der Waals surface area contributed by atoms with E-state index in [1.54, 1.807) is 24.6 Å². The van der Waals surface area contributed by atoms with Crippen LogP contribution in [0.2, 0.25) is 0 Å². The van der Waals surface area contributed by atoms with Crippen molar-refractivity contribution in [1.29, 1.82) is 0 Å². The lowest BCUT2D eigenvalue weighted by molar-refractivity contribution is -0.137. The molecule has 0 saturated carbocycles. The molecule has 5 rings (SSSR count). The predicted molar refractivity (Wildman–Crippen MR) is 169 cm³/mol. The third-order valence-electron chi connectivity index (χ3n) is 6.26. The molecule has 0 fully saturated rings. The normalized spacial score (nSPS) is 12.7. The third kappa shape index (κ3) is 6.65. The van der Waals surface area contributed by atoms with Crippen molar-refractivity contribution in [2.45, 2.75) is 22.6 Å². The van der Waals surface area contributed by atoms with E-state index in [0.717, 1.165) is 40.4 Å². The summed E-state index contributed by atoms with van der Waals surface area (Å²) in [6, 6.07) is 22.5. The molecule has 3 heterocycles. The zero-order chi connectivity index (χ0) is 29.3. The van der Waals surface area contributed by atoms with Gasteiger partial charge in [0.1, 0.15) is 0 Å². The van der Waals surface area contributed by atoms with Crippen LogP contribution in [-0.4, -0.2) is 43.1 Å². The van der Waals surface area contributed by atoms with E-state index in [0.29, 0.717) is 20.9 Å². The van der Waals surface area contributed by atoms with Gasteiger partial charge in [0.05, 0.1) is 12.8 Å². The number of thiophene rings is 3. The SMILES string of the molecule is CS(=O)c1cccc(-c2cc(CC(=O)O)c(-c3ccc(-c4sc(-c5cccc(S(C)=O)c5)cc4CC(=O)O)s3)s2)c1. The van der Waals surface area contributed by atoms with E-state index in [-0.39, 0.29) is 12.8 Å². The number of carboxylic acids is 2. The number of hydrogen-bond donors (Lipinski definition) is 2. The van der Waals surface area contributed by atoms with Gasteiger partial charge in [0.25, 0.3) is 0 Å². The summed E-state index contributed by atoms with van der Waals surface area (Å²) in [5.74, 6) is -1.87. The summed E-state index contributed by atoms with van der Waals surface area (Å²) in [6.07, 6.45) is 2.97. The van der Waals surface area contributed by atoms with Gasteiger partial charge in [0.15, 0.2) is 0 Å². The fraction of sp³-hybridized carbons (Fsp3) is 0.133. The molecule has 0 spiro atoms. The van der Waals surface area contributed by atoms with E-state index >= 15 is 0 Å². The molecule has 2 atom stereocenters. The summed E-state index contributed by atoms with van der Waals surface area (Å²) in [7, 11) is -2.28. The van der Waals surface area contributed by atoms with Crippen LogP contribution in [-0.2, 0) is 44.0 Å². The summed E-state index contributed by atoms with van der Waals surface area (Å²) in [5, 5.41) is 19.2. The first-order valence-electron chi connectivity index (χ1n) is 12.3. The number of aliphatic carboxylic acids is 2. The van der Waals surface area contributed by atoms with Crippen LogP contribution in [0.15, 0.2) is 82.6 Å². The fourth-order valence-corrected chi connectivity index (χ4v) is 9.16. The Morgan fingerprint density at radius 2 is 1.02 bits per heavy atom. The molecule has 0 bridgehead atoms. The zero-order valence-corrected chi connectivity index (χ0v) is 26.0. The smallest absolute Gasteiger partial charge is 0.307 e. The third-order valence-corrected chi connectivity index (χ3v) is 12.0.